The molecule has 0 aliphatic heterocycles. The molecular weight excluding hydrogens is 444 g/mol. The molecule has 0 bridgehead atoms. The summed E-state index contributed by atoms with van der Waals surface area (Å²) >= 11 is 0. The van der Waals surface area contributed by atoms with Crippen molar-refractivity contribution in [2.45, 2.75) is 25.7 Å². The number of nitrogens with one attached hydrogen (secondary N) is 1. The Balaban J connectivity index is 1.47. The molecule has 5 rings (SSSR count). The molecule has 2 heterocycles. The van der Waals surface area contributed by atoms with Crippen molar-refractivity contribution >= 4 is 28.6 Å². The normalized spacial score (nSPS) is 13.0. The second kappa shape index (κ2) is 9.58. The third-order valence-corrected chi connectivity index (χ3v) is 6.10. The number of hydrogen-bond donors (Lipinski definition) is 1. The monoisotopic (exact) mass is 470 g/mol. The molecule has 0 radical (unpaired) electrons. The van der Waals surface area contributed by atoms with Gasteiger partial charge in [0.1, 0.15) is 18.0 Å². The number of likely N-dealkylation sites (N-methyl/N-ethyl adjacent to an activating group) is 1. The van der Waals surface area contributed by atoms with Gasteiger partial charge in [-0.3, -0.25) is 9.59 Å². The highest BCUT2D eigenvalue weighted by atomic mass is 16.5. The van der Waals surface area contributed by atoms with Gasteiger partial charge >= 0.3 is 0 Å². The first kappa shape index (κ1) is 22.6. The number of carbonyl (C=O) groups excluding carboxylic acids is 2. The van der Waals surface area contributed by atoms with Crippen LogP contribution in [0.3, 0.4) is 0 Å². The van der Waals surface area contributed by atoms with Crippen molar-refractivity contribution in [3.8, 4) is 17.0 Å². The summed E-state index contributed by atoms with van der Waals surface area (Å²) in [6.07, 6.45) is 2.07. The third-order valence-electron chi connectivity index (χ3n) is 6.10. The molecule has 178 valence electrons. The summed E-state index contributed by atoms with van der Waals surface area (Å²) in [5, 5.41) is 7.66. The quantitative estimate of drug-likeness (QED) is 0.394. The van der Waals surface area contributed by atoms with Crippen LogP contribution in [-0.2, 0) is 4.79 Å². The van der Waals surface area contributed by atoms with E-state index in [9.17, 15) is 9.59 Å². The lowest BCUT2D eigenvalue weighted by Gasteiger charge is -2.21. The van der Waals surface area contributed by atoms with Crippen molar-refractivity contribution in [3.63, 3.8) is 0 Å². The van der Waals surface area contributed by atoms with Gasteiger partial charge in [0.15, 0.2) is 0 Å². The van der Waals surface area contributed by atoms with E-state index in [0.29, 0.717) is 46.3 Å². The Morgan fingerprint density at radius 2 is 1.91 bits per heavy atom. The van der Waals surface area contributed by atoms with Crippen molar-refractivity contribution < 1.29 is 18.8 Å². The van der Waals surface area contributed by atoms with Gasteiger partial charge in [-0.2, -0.15) is 0 Å². The lowest BCUT2D eigenvalue weighted by atomic mass is 10.0. The SMILES string of the molecule is CCN(CC(=O)Nc1cccc(OC)c1)C(=O)c1cc(C2CC2)nc2onc(-c3ccccc3)c12. The van der Waals surface area contributed by atoms with Crippen LogP contribution in [0.5, 0.6) is 5.75 Å². The number of carbonyl (C=O) groups is 2. The zero-order chi connectivity index (χ0) is 24.4. The van der Waals surface area contributed by atoms with Gasteiger partial charge in [-0.1, -0.05) is 41.6 Å². The largest absolute Gasteiger partial charge is 0.497 e. The van der Waals surface area contributed by atoms with Gasteiger partial charge in [-0.25, -0.2) is 4.98 Å². The van der Waals surface area contributed by atoms with E-state index in [0.717, 1.165) is 24.1 Å². The first-order chi connectivity index (χ1) is 17.1. The molecule has 8 nitrogen and oxygen atoms in total. The molecule has 0 atom stereocenters. The lowest BCUT2D eigenvalue weighted by molar-refractivity contribution is -0.116. The van der Waals surface area contributed by atoms with Crippen LogP contribution in [-0.4, -0.2) is 47.1 Å². The first-order valence-corrected chi connectivity index (χ1v) is 11.7. The predicted octanol–water partition coefficient (Wildman–Crippen LogP) is 4.88. The number of anilines is 1. The average molecular weight is 471 g/mol. The fourth-order valence-corrected chi connectivity index (χ4v) is 4.09. The summed E-state index contributed by atoms with van der Waals surface area (Å²) < 4.78 is 10.8. The van der Waals surface area contributed by atoms with E-state index in [1.807, 2.05) is 43.3 Å². The minimum atomic E-state index is -0.297. The first-order valence-electron chi connectivity index (χ1n) is 11.7. The molecule has 8 heteroatoms. The Bertz CT molecular complexity index is 1380. The molecule has 0 unspecified atom stereocenters. The predicted molar refractivity (Wildman–Crippen MR) is 132 cm³/mol. The molecule has 1 fully saturated rings. The van der Waals surface area contributed by atoms with E-state index >= 15 is 0 Å². The van der Waals surface area contributed by atoms with Crippen molar-refractivity contribution in [2.24, 2.45) is 0 Å². The van der Waals surface area contributed by atoms with Gasteiger partial charge in [0.05, 0.1) is 18.1 Å². The fourth-order valence-electron chi connectivity index (χ4n) is 4.09. The topological polar surface area (TPSA) is 97.6 Å². The standard InChI is InChI=1S/C27H26N4O4/c1-3-31(16-23(32)28-19-10-7-11-20(14-19)34-2)27(33)21-15-22(17-12-13-17)29-26-24(21)25(30-35-26)18-8-5-4-6-9-18/h4-11,14-15,17H,3,12-13,16H2,1-2H3,(H,28,32). The van der Waals surface area contributed by atoms with E-state index in [2.05, 4.69) is 15.5 Å². The number of methoxy groups -OCH3 is 1. The van der Waals surface area contributed by atoms with E-state index < -0.39 is 0 Å². The van der Waals surface area contributed by atoms with Gasteiger partial charge in [-0.05, 0) is 38.0 Å². The zero-order valence-electron chi connectivity index (χ0n) is 19.7. The molecule has 1 aliphatic carbocycles. The van der Waals surface area contributed by atoms with E-state index in [4.69, 9.17) is 9.26 Å². The smallest absolute Gasteiger partial charge is 0.259 e. The van der Waals surface area contributed by atoms with Crippen LogP contribution >= 0.6 is 0 Å². The number of hydrogen-bond acceptors (Lipinski definition) is 6. The number of pyridine rings is 1. The maximum absolute atomic E-state index is 13.8. The Morgan fingerprint density at radius 1 is 1.11 bits per heavy atom. The highest BCUT2D eigenvalue weighted by Crippen LogP contribution is 2.41. The fraction of sp³-hybridized carbons (Fsp3) is 0.259. The second-order valence-electron chi connectivity index (χ2n) is 8.55. The molecule has 35 heavy (non-hydrogen) atoms. The average Bonchev–Trinajstić information content (AvgIpc) is 3.66. The summed E-state index contributed by atoms with van der Waals surface area (Å²) in [7, 11) is 1.57. The molecule has 1 saturated carbocycles. The van der Waals surface area contributed by atoms with Gasteiger partial charge < -0.3 is 19.5 Å². The van der Waals surface area contributed by atoms with Gasteiger partial charge in [0, 0.05) is 35.5 Å². The van der Waals surface area contributed by atoms with Crippen LogP contribution in [0.25, 0.3) is 22.4 Å². The molecule has 1 N–H and O–H groups in total. The number of aromatic nitrogens is 2. The number of nitrogens with zero attached hydrogens (tertiary/aromatic N) is 3. The van der Waals surface area contributed by atoms with Gasteiger partial charge in [-0.15, -0.1) is 0 Å². The zero-order valence-corrected chi connectivity index (χ0v) is 19.7. The minimum absolute atomic E-state index is 0.0962. The molecule has 4 aromatic rings. The number of rotatable bonds is 8. The molecule has 2 aromatic heterocycles. The van der Waals surface area contributed by atoms with E-state index in [-0.39, 0.29) is 18.4 Å². The van der Waals surface area contributed by atoms with E-state index in [1.165, 1.54) is 4.90 Å². The number of amides is 2. The van der Waals surface area contributed by atoms with Crippen LogP contribution < -0.4 is 10.1 Å². The molecule has 1 aliphatic rings. The van der Waals surface area contributed by atoms with Crippen LogP contribution in [0.1, 0.15) is 41.7 Å². The number of ether oxygens (including phenoxy) is 1. The molecule has 0 spiro atoms. The Labute approximate surface area is 202 Å². The van der Waals surface area contributed by atoms with Gasteiger partial charge in [0.25, 0.3) is 11.6 Å². The summed E-state index contributed by atoms with van der Waals surface area (Å²) in [6, 6.07) is 18.5. The summed E-state index contributed by atoms with van der Waals surface area (Å²) in [5.74, 6) is 0.402. The van der Waals surface area contributed by atoms with Crippen molar-refractivity contribution in [2.75, 3.05) is 25.5 Å². The van der Waals surface area contributed by atoms with Crippen LogP contribution in [0, 0.1) is 0 Å². The molecular formula is C27H26N4O4. The molecule has 2 amide bonds. The minimum Gasteiger partial charge on any atom is -0.497 e. The van der Waals surface area contributed by atoms with Crippen LogP contribution in [0.2, 0.25) is 0 Å². The van der Waals surface area contributed by atoms with Crippen LogP contribution in [0.4, 0.5) is 5.69 Å². The van der Waals surface area contributed by atoms with Crippen molar-refractivity contribution in [3.05, 3.63) is 71.9 Å². The van der Waals surface area contributed by atoms with Crippen LogP contribution in [0.15, 0.2) is 65.2 Å². The van der Waals surface area contributed by atoms with E-state index in [1.54, 1.807) is 31.4 Å². The third kappa shape index (κ3) is 4.73. The van der Waals surface area contributed by atoms with Crippen molar-refractivity contribution in [1.82, 2.24) is 15.0 Å². The lowest BCUT2D eigenvalue weighted by Crippen LogP contribution is -2.38. The molecule has 2 aromatic carbocycles. The molecule has 0 saturated heterocycles. The van der Waals surface area contributed by atoms with Gasteiger partial charge in [0.2, 0.25) is 5.91 Å². The number of benzene rings is 2. The Hall–Kier alpha value is -4.20. The Morgan fingerprint density at radius 3 is 2.63 bits per heavy atom. The summed E-state index contributed by atoms with van der Waals surface area (Å²) in [4.78, 5) is 32.8. The number of fused-ring (bicyclic) bond motifs is 1. The maximum atomic E-state index is 13.8. The summed E-state index contributed by atoms with van der Waals surface area (Å²) in [6.45, 7) is 2.11. The summed E-state index contributed by atoms with van der Waals surface area (Å²) in [5.41, 5.74) is 3.62. The highest BCUT2D eigenvalue weighted by molar-refractivity contribution is 6.10. The van der Waals surface area contributed by atoms with Crippen molar-refractivity contribution in [1.29, 1.82) is 0 Å². The Kier molecular flexibility index (Phi) is 6.18. The second-order valence-corrected chi connectivity index (χ2v) is 8.55. The highest BCUT2D eigenvalue weighted by Gasteiger charge is 2.31. The maximum Gasteiger partial charge on any atom is 0.259 e.